The Kier molecular flexibility index (Phi) is 12.0. The van der Waals surface area contributed by atoms with E-state index in [9.17, 15) is 19.2 Å². The summed E-state index contributed by atoms with van der Waals surface area (Å²) in [5.74, 6) is 1.61. The van der Waals surface area contributed by atoms with Crippen LogP contribution in [0.5, 0.6) is 0 Å². The Hall–Kier alpha value is -5.08. The number of nitrogens with one attached hydrogen (secondary N) is 4. The molecule has 0 saturated carbocycles. The van der Waals surface area contributed by atoms with Crippen LogP contribution in [0.3, 0.4) is 0 Å². The zero-order valence-corrected chi connectivity index (χ0v) is 34.1. The maximum atomic E-state index is 13.8. The monoisotopic (exact) mass is 773 g/mol. The molecule has 4 N–H and O–H groups in total. The molecule has 3 saturated heterocycles. The van der Waals surface area contributed by atoms with Crippen molar-refractivity contribution in [3.05, 3.63) is 54.0 Å². The molecule has 3 aromatic rings. The van der Waals surface area contributed by atoms with Crippen molar-refractivity contribution in [3.8, 4) is 11.3 Å². The molecule has 4 atom stereocenters. The second kappa shape index (κ2) is 16.6. The fraction of sp³-hybridized carbons (Fsp3) is 0.610. The first-order valence-corrected chi connectivity index (χ1v) is 19.8. The van der Waals surface area contributed by atoms with Crippen LogP contribution in [-0.2, 0) is 19.1 Å². The van der Waals surface area contributed by atoms with Crippen molar-refractivity contribution < 1.29 is 28.7 Å². The maximum absolute atomic E-state index is 13.8. The van der Waals surface area contributed by atoms with E-state index in [4.69, 9.17) is 19.4 Å². The highest BCUT2D eigenvalue weighted by Crippen LogP contribution is 2.37. The van der Waals surface area contributed by atoms with Crippen LogP contribution >= 0.6 is 0 Å². The number of hydrogen-bond donors (Lipinski definition) is 4. The number of H-pyrrole nitrogens is 2. The first kappa shape index (κ1) is 40.6. The quantitative estimate of drug-likeness (QED) is 0.202. The van der Waals surface area contributed by atoms with Crippen LogP contribution < -0.4 is 15.5 Å². The predicted molar refractivity (Wildman–Crippen MR) is 212 cm³/mol. The van der Waals surface area contributed by atoms with Crippen LogP contribution in [0.4, 0.5) is 15.3 Å². The third kappa shape index (κ3) is 8.81. The summed E-state index contributed by atoms with van der Waals surface area (Å²) in [6.45, 7) is 14.6. The molecule has 304 valence electrons. The molecule has 0 spiro atoms. The molecule has 5 heterocycles. The average Bonchev–Trinajstić information content (AvgIpc) is 4.01. The van der Waals surface area contributed by atoms with E-state index in [1.54, 1.807) is 0 Å². The number of hydrogen-bond acceptors (Lipinski definition) is 9. The minimum atomic E-state index is -0.731. The number of likely N-dealkylation sites (tertiary alicyclic amines) is 2. The molecular weight excluding hydrogens is 715 g/mol. The minimum absolute atomic E-state index is 0.122. The Balaban J connectivity index is 1.05. The van der Waals surface area contributed by atoms with E-state index in [0.29, 0.717) is 19.0 Å². The van der Waals surface area contributed by atoms with Crippen LogP contribution in [-0.4, -0.2) is 106 Å². The number of ether oxygens (including phenoxy) is 2. The number of anilines is 1. The summed E-state index contributed by atoms with van der Waals surface area (Å²) in [5.41, 5.74) is 3.16. The van der Waals surface area contributed by atoms with Gasteiger partial charge in [-0.15, -0.1) is 0 Å². The van der Waals surface area contributed by atoms with Crippen molar-refractivity contribution >= 4 is 29.7 Å². The molecule has 2 aromatic heterocycles. The number of carbonyl (C=O) groups is 4. The Morgan fingerprint density at radius 3 is 1.66 bits per heavy atom. The van der Waals surface area contributed by atoms with Crippen molar-refractivity contribution in [1.82, 2.24) is 40.4 Å². The van der Waals surface area contributed by atoms with Gasteiger partial charge in [-0.25, -0.2) is 19.6 Å². The van der Waals surface area contributed by atoms with Gasteiger partial charge in [0.1, 0.15) is 23.7 Å². The first-order chi connectivity index (χ1) is 26.6. The van der Waals surface area contributed by atoms with Gasteiger partial charge in [-0.3, -0.25) is 9.59 Å². The van der Waals surface area contributed by atoms with Gasteiger partial charge in [-0.2, -0.15) is 0 Å². The molecule has 3 aliphatic rings. The average molecular weight is 774 g/mol. The molecule has 1 aromatic carbocycles. The minimum Gasteiger partial charge on any atom is -0.453 e. The molecule has 0 aliphatic carbocycles. The van der Waals surface area contributed by atoms with Crippen LogP contribution in [0.25, 0.3) is 11.3 Å². The van der Waals surface area contributed by atoms with Crippen molar-refractivity contribution in [2.75, 3.05) is 45.3 Å². The van der Waals surface area contributed by atoms with Gasteiger partial charge in [-0.1, -0.05) is 53.7 Å². The Labute approximate surface area is 329 Å². The molecule has 0 unspecified atom stereocenters. The van der Waals surface area contributed by atoms with Crippen molar-refractivity contribution in [2.45, 2.75) is 110 Å². The number of aromatic amines is 2. The summed E-state index contributed by atoms with van der Waals surface area (Å²) in [6, 6.07) is 6.68. The number of alkyl carbamates (subject to hydrolysis) is 2. The van der Waals surface area contributed by atoms with Crippen LogP contribution in [0, 0.1) is 10.8 Å². The van der Waals surface area contributed by atoms with Gasteiger partial charge in [0.2, 0.25) is 11.8 Å². The lowest BCUT2D eigenvalue weighted by atomic mass is 9.85. The van der Waals surface area contributed by atoms with E-state index in [-0.39, 0.29) is 23.9 Å². The molecule has 6 rings (SSSR count). The topological polar surface area (TPSA) is 178 Å². The second-order valence-corrected chi connectivity index (χ2v) is 17.5. The van der Waals surface area contributed by atoms with Crippen molar-refractivity contribution in [3.63, 3.8) is 0 Å². The lowest BCUT2D eigenvalue weighted by Gasteiger charge is -2.35. The number of piperidine rings is 1. The third-order valence-corrected chi connectivity index (χ3v) is 11.5. The number of aromatic nitrogens is 4. The highest BCUT2D eigenvalue weighted by atomic mass is 16.5. The highest BCUT2D eigenvalue weighted by Gasteiger charge is 2.43. The number of methoxy groups -OCH3 is 2. The molecule has 56 heavy (non-hydrogen) atoms. The summed E-state index contributed by atoms with van der Waals surface area (Å²) in [7, 11) is 2.60. The van der Waals surface area contributed by atoms with Gasteiger partial charge in [0.05, 0.1) is 38.2 Å². The molecule has 4 amide bonds. The lowest BCUT2D eigenvalue weighted by Crippen LogP contribution is -2.54. The van der Waals surface area contributed by atoms with Crippen molar-refractivity contribution in [1.29, 1.82) is 0 Å². The van der Waals surface area contributed by atoms with Crippen LogP contribution in [0.1, 0.15) is 115 Å². The number of carbonyl (C=O) groups excluding carboxylic acids is 4. The van der Waals surface area contributed by atoms with Gasteiger partial charge >= 0.3 is 12.2 Å². The van der Waals surface area contributed by atoms with E-state index in [1.165, 1.54) is 14.2 Å². The molecule has 3 fully saturated rings. The third-order valence-electron chi connectivity index (χ3n) is 11.5. The summed E-state index contributed by atoms with van der Waals surface area (Å²) in [6.07, 6.45) is 7.78. The zero-order chi connectivity index (χ0) is 40.4. The summed E-state index contributed by atoms with van der Waals surface area (Å²) in [4.78, 5) is 74.3. The number of amides is 4. The molecule has 15 nitrogen and oxygen atoms in total. The predicted octanol–water partition coefficient (Wildman–Crippen LogP) is 6.05. The van der Waals surface area contributed by atoms with E-state index >= 15 is 0 Å². The number of benzene rings is 1. The molecule has 15 heteroatoms. The summed E-state index contributed by atoms with van der Waals surface area (Å²) < 4.78 is 9.62. The van der Waals surface area contributed by atoms with Gasteiger partial charge in [-0.05, 0) is 67.1 Å². The lowest BCUT2D eigenvalue weighted by molar-refractivity contribution is -0.137. The molecular formula is C41H59N9O6. The van der Waals surface area contributed by atoms with Gasteiger partial charge in [0, 0.05) is 49.7 Å². The van der Waals surface area contributed by atoms with E-state index in [2.05, 4.69) is 49.8 Å². The fourth-order valence-electron chi connectivity index (χ4n) is 8.29. The Bertz CT molecular complexity index is 1850. The van der Waals surface area contributed by atoms with Crippen LogP contribution in [0.15, 0.2) is 36.7 Å². The Morgan fingerprint density at radius 2 is 1.18 bits per heavy atom. The first-order valence-electron chi connectivity index (χ1n) is 19.8. The van der Waals surface area contributed by atoms with Gasteiger partial charge < -0.3 is 44.8 Å². The molecule has 0 bridgehead atoms. The van der Waals surface area contributed by atoms with E-state index in [0.717, 1.165) is 85.9 Å². The largest absolute Gasteiger partial charge is 0.453 e. The normalized spacial score (nSPS) is 20.5. The summed E-state index contributed by atoms with van der Waals surface area (Å²) in [5, 5.41) is 5.50. The highest BCUT2D eigenvalue weighted by molar-refractivity contribution is 5.87. The van der Waals surface area contributed by atoms with E-state index < -0.39 is 35.1 Å². The van der Waals surface area contributed by atoms with Gasteiger partial charge in [0.15, 0.2) is 0 Å². The number of nitrogens with zero attached hydrogens (tertiary/aromatic N) is 5. The summed E-state index contributed by atoms with van der Waals surface area (Å²) >= 11 is 0. The zero-order valence-electron chi connectivity index (χ0n) is 34.1. The Morgan fingerprint density at radius 1 is 0.696 bits per heavy atom. The van der Waals surface area contributed by atoms with Crippen LogP contribution in [0.2, 0.25) is 0 Å². The van der Waals surface area contributed by atoms with E-state index in [1.807, 2.05) is 63.7 Å². The maximum Gasteiger partial charge on any atom is 0.407 e. The fourth-order valence-corrected chi connectivity index (χ4v) is 8.29. The molecule has 0 radical (unpaired) electrons. The molecule has 3 aliphatic heterocycles. The SMILES string of the molecule is COC(=O)N[C@H](C(=O)N1CCC[C@H]1c1ncc(-c2ccc(N3CCC(c4cnc([C@@H]5CCCN5C(=O)[C@@H](NC(=O)OC)C(C)(C)C)[nH]4)CC3)cc2)[nH]1)C(C)(C)C. The van der Waals surface area contributed by atoms with Crippen molar-refractivity contribution in [2.24, 2.45) is 10.8 Å². The smallest absolute Gasteiger partial charge is 0.407 e. The number of rotatable bonds is 9. The standard InChI is InChI=1S/C41H59N9O6/c1-40(2,3)32(46-38(53)55-7)36(51)49-19-9-11-30(49)34-42-23-28(44-34)25-13-15-27(16-14-25)48-21-17-26(18-22-48)29-24-43-35(45-29)31-12-10-20-50(31)37(52)33(41(4,5)6)47-39(54)56-8/h13-16,23-24,26,30-33H,9-12,17-22H2,1-8H3,(H,42,44)(H,43,45)(H,46,53)(H,47,54)/t30-,31-,32+,33+/m0/s1. The van der Waals surface area contributed by atoms with Gasteiger partial charge in [0.25, 0.3) is 0 Å². The number of imidazole rings is 2. The second-order valence-electron chi connectivity index (χ2n) is 17.5.